The molecule has 0 bridgehead atoms. The van der Waals surface area contributed by atoms with Gasteiger partial charge in [-0.25, -0.2) is 0 Å². The Morgan fingerprint density at radius 3 is 2.50 bits per heavy atom. The van der Waals surface area contributed by atoms with Crippen LogP contribution < -0.4 is 10.2 Å². The van der Waals surface area contributed by atoms with Crippen LogP contribution in [0.4, 0.5) is 11.4 Å². The van der Waals surface area contributed by atoms with Gasteiger partial charge in [-0.2, -0.15) is 0 Å². The van der Waals surface area contributed by atoms with Crippen LogP contribution >= 0.6 is 23.2 Å². The van der Waals surface area contributed by atoms with Gasteiger partial charge in [0.2, 0.25) is 5.91 Å². The predicted octanol–water partition coefficient (Wildman–Crippen LogP) is 3.45. The Morgan fingerprint density at radius 2 is 1.77 bits per heavy atom. The van der Waals surface area contributed by atoms with Crippen LogP contribution in [-0.2, 0) is 11.2 Å². The van der Waals surface area contributed by atoms with Gasteiger partial charge in [0, 0.05) is 42.6 Å². The van der Waals surface area contributed by atoms with Gasteiger partial charge in [-0.3, -0.25) is 9.59 Å². The van der Waals surface area contributed by atoms with Gasteiger partial charge in [0.15, 0.2) is 0 Å². The van der Waals surface area contributed by atoms with Crippen LogP contribution in [-0.4, -0.2) is 42.9 Å². The molecule has 1 saturated heterocycles. The normalized spacial score (nSPS) is 16.5. The molecular weight excluding hydrogens is 373 g/mol. The molecule has 2 aromatic rings. The van der Waals surface area contributed by atoms with Gasteiger partial charge in [-0.05, 0) is 42.0 Å². The van der Waals surface area contributed by atoms with Crippen LogP contribution in [0.2, 0.25) is 10.0 Å². The zero-order chi connectivity index (χ0) is 18.3. The minimum Gasteiger partial charge on any atom is -0.368 e. The van der Waals surface area contributed by atoms with Crippen molar-refractivity contribution < 1.29 is 9.59 Å². The highest BCUT2D eigenvalue weighted by Gasteiger charge is 2.25. The summed E-state index contributed by atoms with van der Waals surface area (Å²) in [5.41, 5.74) is 3.48. The second-order valence-corrected chi connectivity index (χ2v) is 7.31. The van der Waals surface area contributed by atoms with Gasteiger partial charge < -0.3 is 15.1 Å². The third kappa shape index (κ3) is 3.24. The molecule has 1 N–H and O–H groups in total. The summed E-state index contributed by atoms with van der Waals surface area (Å²) in [7, 11) is 0. The number of nitrogens with one attached hydrogen (secondary N) is 1. The van der Waals surface area contributed by atoms with E-state index in [-0.39, 0.29) is 11.8 Å². The molecule has 2 aliphatic rings. The van der Waals surface area contributed by atoms with E-state index in [0.717, 1.165) is 30.0 Å². The Labute approximate surface area is 161 Å². The molecule has 4 rings (SSSR count). The maximum absolute atomic E-state index is 12.7. The molecule has 0 saturated carbocycles. The van der Waals surface area contributed by atoms with Crippen LogP contribution in [0.25, 0.3) is 0 Å². The monoisotopic (exact) mass is 389 g/mol. The molecule has 0 spiro atoms. The number of rotatable bonds is 2. The Kier molecular flexibility index (Phi) is 4.51. The molecule has 0 unspecified atom stereocenters. The minimum atomic E-state index is -0.0740. The maximum Gasteiger partial charge on any atom is 0.255 e. The highest BCUT2D eigenvalue weighted by atomic mass is 35.5. The summed E-state index contributed by atoms with van der Waals surface area (Å²) in [6, 6.07) is 11.0. The number of nitrogens with zero attached hydrogens (tertiary/aromatic N) is 2. The highest BCUT2D eigenvalue weighted by Crippen LogP contribution is 2.29. The van der Waals surface area contributed by atoms with Gasteiger partial charge in [0.25, 0.3) is 5.91 Å². The average molecular weight is 390 g/mol. The van der Waals surface area contributed by atoms with E-state index >= 15 is 0 Å². The average Bonchev–Trinajstić information content (AvgIpc) is 3.00. The number of halogens is 2. The molecule has 7 heteroatoms. The van der Waals surface area contributed by atoms with Crippen LogP contribution in [0.3, 0.4) is 0 Å². The molecule has 0 radical (unpaired) electrons. The first-order valence-corrected chi connectivity index (χ1v) is 9.19. The van der Waals surface area contributed by atoms with Crippen molar-refractivity contribution in [2.45, 2.75) is 6.42 Å². The van der Waals surface area contributed by atoms with Crippen molar-refractivity contribution in [1.29, 1.82) is 0 Å². The largest absolute Gasteiger partial charge is 0.368 e. The van der Waals surface area contributed by atoms with Crippen molar-refractivity contribution in [1.82, 2.24) is 4.90 Å². The number of carbonyl (C=O) groups excluding carboxylic acids is 2. The fraction of sp³-hybridized carbons (Fsp3) is 0.263. The summed E-state index contributed by atoms with van der Waals surface area (Å²) >= 11 is 12.1. The van der Waals surface area contributed by atoms with Gasteiger partial charge in [0.05, 0.1) is 17.0 Å². The van der Waals surface area contributed by atoms with E-state index in [1.807, 2.05) is 17.0 Å². The maximum atomic E-state index is 12.7. The van der Waals surface area contributed by atoms with Gasteiger partial charge >= 0.3 is 0 Å². The molecule has 2 aromatic carbocycles. The number of carbonyl (C=O) groups is 2. The minimum absolute atomic E-state index is 0.0346. The molecule has 2 heterocycles. The number of amides is 2. The fourth-order valence-electron chi connectivity index (χ4n) is 3.41. The first-order valence-electron chi connectivity index (χ1n) is 8.43. The van der Waals surface area contributed by atoms with E-state index in [1.54, 1.807) is 18.2 Å². The lowest BCUT2D eigenvalue weighted by Gasteiger charge is -2.36. The SMILES string of the molecule is O=C1Cc2cc(N3CCN(C(=O)c4ccc(Cl)cc4Cl)CC3)ccc2N1. The molecule has 2 aliphatic heterocycles. The van der Waals surface area contributed by atoms with Gasteiger partial charge in [-0.1, -0.05) is 23.2 Å². The number of anilines is 2. The summed E-state index contributed by atoms with van der Waals surface area (Å²) in [4.78, 5) is 28.2. The quantitative estimate of drug-likeness (QED) is 0.855. The third-order valence-corrected chi connectivity index (χ3v) is 5.36. The van der Waals surface area contributed by atoms with Gasteiger partial charge in [0.1, 0.15) is 0 Å². The van der Waals surface area contributed by atoms with Gasteiger partial charge in [-0.15, -0.1) is 0 Å². The van der Waals surface area contributed by atoms with E-state index in [9.17, 15) is 9.59 Å². The van der Waals surface area contributed by atoms with Crippen molar-refractivity contribution in [3.8, 4) is 0 Å². The van der Waals surface area contributed by atoms with E-state index < -0.39 is 0 Å². The number of hydrogen-bond acceptors (Lipinski definition) is 3. The lowest BCUT2D eigenvalue weighted by Crippen LogP contribution is -2.48. The Morgan fingerprint density at radius 1 is 1.00 bits per heavy atom. The molecule has 0 atom stereocenters. The zero-order valence-corrected chi connectivity index (χ0v) is 15.5. The molecule has 2 amide bonds. The smallest absolute Gasteiger partial charge is 0.255 e. The van der Waals surface area contributed by atoms with Crippen molar-refractivity contribution in [2.75, 3.05) is 36.4 Å². The van der Waals surface area contributed by atoms with E-state index in [1.165, 1.54) is 0 Å². The molecule has 1 fully saturated rings. The molecular formula is C19H17Cl2N3O2. The summed E-state index contributed by atoms with van der Waals surface area (Å²) < 4.78 is 0. The highest BCUT2D eigenvalue weighted by molar-refractivity contribution is 6.36. The lowest BCUT2D eigenvalue weighted by atomic mass is 10.1. The number of hydrogen-bond donors (Lipinski definition) is 1. The standard InChI is InChI=1S/C19H17Cl2N3O2/c20-13-1-3-15(16(21)11-13)19(26)24-7-5-23(6-8-24)14-2-4-17-12(9-14)10-18(25)22-17/h1-4,9,11H,5-8,10H2,(H,22,25). The van der Waals surface area contributed by atoms with E-state index in [2.05, 4.69) is 16.3 Å². The Balaban J connectivity index is 1.43. The van der Waals surface area contributed by atoms with Crippen LogP contribution in [0.1, 0.15) is 15.9 Å². The topological polar surface area (TPSA) is 52.7 Å². The molecule has 5 nitrogen and oxygen atoms in total. The van der Waals surface area contributed by atoms with Crippen molar-refractivity contribution >= 4 is 46.4 Å². The van der Waals surface area contributed by atoms with E-state index in [0.29, 0.717) is 35.1 Å². The summed E-state index contributed by atoms with van der Waals surface area (Å²) in [5.74, 6) is -0.0394. The Bertz CT molecular complexity index is 892. The predicted molar refractivity (Wildman–Crippen MR) is 103 cm³/mol. The molecule has 0 aliphatic carbocycles. The third-order valence-electron chi connectivity index (χ3n) is 4.81. The first-order chi connectivity index (χ1) is 12.5. The van der Waals surface area contributed by atoms with Crippen molar-refractivity contribution in [2.24, 2.45) is 0 Å². The zero-order valence-electron chi connectivity index (χ0n) is 14.0. The first kappa shape index (κ1) is 17.2. The van der Waals surface area contributed by atoms with Crippen molar-refractivity contribution in [3.05, 3.63) is 57.6 Å². The number of piperazine rings is 1. The number of fused-ring (bicyclic) bond motifs is 1. The van der Waals surface area contributed by atoms with Crippen LogP contribution in [0, 0.1) is 0 Å². The summed E-state index contributed by atoms with van der Waals surface area (Å²) in [6.45, 7) is 2.70. The Hall–Kier alpha value is -2.24. The molecule has 134 valence electrons. The fourth-order valence-corrected chi connectivity index (χ4v) is 3.90. The molecule has 0 aromatic heterocycles. The number of benzene rings is 2. The summed E-state index contributed by atoms with van der Waals surface area (Å²) in [5, 5.41) is 3.74. The van der Waals surface area contributed by atoms with E-state index in [4.69, 9.17) is 23.2 Å². The van der Waals surface area contributed by atoms with Crippen LogP contribution in [0.5, 0.6) is 0 Å². The molecule has 26 heavy (non-hydrogen) atoms. The second-order valence-electron chi connectivity index (χ2n) is 6.47. The van der Waals surface area contributed by atoms with Crippen molar-refractivity contribution in [3.63, 3.8) is 0 Å². The summed E-state index contributed by atoms with van der Waals surface area (Å²) in [6.07, 6.45) is 0.427. The van der Waals surface area contributed by atoms with Crippen LogP contribution in [0.15, 0.2) is 36.4 Å². The lowest BCUT2D eigenvalue weighted by molar-refractivity contribution is -0.115. The second kappa shape index (κ2) is 6.82.